The number of benzene rings is 1. The van der Waals surface area contributed by atoms with E-state index in [1.807, 2.05) is 0 Å². The zero-order valence-electron chi connectivity index (χ0n) is 8.48. The molecule has 0 atom stereocenters. The number of carboxylic acid groups (broad SMARTS) is 1. The minimum atomic E-state index is -0.992. The molecule has 0 saturated heterocycles. The van der Waals surface area contributed by atoms with Crippen LogP contribution in [0.25, 0.3) is 10.9 Å². The molecule has 5 nitrogen and oxygen atoms in total. The molecular formula is C10H9ClN2O3. The zero-order chi connectivity index (χ0) is 11.7. The van der Waals surface area contributed by atoms with Gasteiger partial charge in [0.15, 0.2) is 0 Å². The Bertz CT molecular complexity index is 550. The predicted octanol–water partition coefficient (Wildman–Crippen LogP) is 1.78. The highest BCUT2D eigenvalue weighted by Gasteiger charge is 2.14. The average molecular weight is 241 g/mol. The van der Waals surface area contributed by atoms with Crippen molar-refractivity contribution in [1.82, 2.24) is 9.78 Å². The van der Waals surface area contributed by atoms with Crippen molar-refractivity contribution in [3.63, 3.8) is 0 Å². The number of hydrogen-bond acceptors (Lipinski definition) is 3. The molecule has 2 aromatic rings. The van der Waals surface area contributed by atoms with E-state index in [9.17, 15) is 4.79 Å². The number of carbonyl (C=O) groups is 1. The van der Waals surface area contributed by atoms with Crippen LogP contribution in [0.1, 0.15) is 0 Å². The van der Waals surface area contributed by atoms with Crippen molar-refractivity contribution in [3.05, 3.63) is 23.4 Å². The van der Waals surface area contributed by atoms with E-state index in [-0.39, 0.29) is 11.7 Å². The monoisotopic (exact) mass is 240 g/mol. The first-order valence-corrected chi connectivity index (χ1v) is 4.92. The summed E-state index contributed by atoms with van der Waals surface area (Å²) in [7, 11) is 1.53. The van der Waals surface area contributed by atoms with Crippen molar-refractivity contribution < 1.29 is 14.6 Å². The molecule has 1 aromatic carbocycles. The first kappa shape index (κ1) is 10.8. The van der Waals surface area contributed by atoms with Gasteiger partial charge in [-0.2, -0.15) is 5.10 Å². The maximum absolute atomic E-state index is 10.6. The van der Waals surface area contributed by atoms with E-state index in [0.29, 0.717) is 16.7 Å². The normalized spacial score (nSPS) is 10.6. The molecular weight excluding hydrogens is 232 g/mol. The summed E-state index contributed by atoms with van der Waals surface area (Å²) in [5.74, 6) is -0.409. The molecule has 6 heteroatoms. The Morgan fingerprint density at radius 1 is 1.62 bits per heavy atom. The third-order valence-corrected chi connectivity index (χ3v) is 2.55. The second-order valence-corrected chi connectivity index (χ2v) is 3.55. The number of aliphatic carboxylic acids is 1. The number of rotatable bonds is 3. The van der Waals surface area contributed by atoms with Gasteiger partial charge < -0.3 is 9.84 Å². The lowest BCUT2D eigenvalue weighted by molar-refractivity contribution is -0.137. The van der Waals surface area contributed by atoms with Crippen molar-refractivity contribution >= 4 is 28.5 Å². The minimum Gasteiger partial charge on any atom is -0.496 e. The Hall–Kier alpha value is -1.75. The van der Waals surface area contributed by atoms with Gasteiger partial charge in [-0.05, 0) is 12.1 Å². The number of aromatic nitrogens is 2. The Morgan fingerprint density at radius 2 is 2.38 bits per heavy atom. The fraction of sp³-hybridized carbons (Fsp3) is 0.200. The highest BCUT2D eigenvalue weighted by Crippen LogP contribution is 2.31. The minimum absolute atomic E-state index is 0.267. The van der Waals surface area contributed by atoms with Crippen molar-refractivity contribution in [2.24, 2.45) is 0 Å². The summed E-state index contributed by atoms with van der Waals surface area (Å²) in [6.45, 7) is -0.267. The largest absolute Gasteiger partial charge is 0.496 e. The second kappa shape index (κ2) is 4.02. The van der Waals surface area contributed by atoms with Gasteiger partial charge in [0.25, 0.3) is 0 Å². The quantitative estimate of drug-likeness (QED) is 0.888. The van der Waals surface area contributed by atoms with E-state index < -0.39 is 5.97 Å². The second-order valence-electron chi connectivity index (χ2n) is 3.20. The van der Waals surface area contributed by atoms with Crippen LogP contribution in [0.15, 0.2) is 18.2 Å². The molecule has 1 heterocycles. The maximum Gasteiger partial charge on any atom is 0.325 e. The molecule has 0 saturated carbocycles. The van der Waals surface area contributed by atoms with Gasteiger partial charge in [-0.25, -0.2) is 4.68 Å². The van der Waals surface area contributed by atoms with Gasteiger partial charge in [-0.1, -0.05) is 17.7 Å². The first-order valence-electron chi connectivity index (χ1n) is 4.54. The van der Waals surface area contributed by atoms with Crippen LogP contribution < -0.4 is 4.74 Å². The lowest BCUT2D eigenvalue weighted by atomic mass is 10.2. The van der Waals surface area contributed by atoms with Crippen LogP contribution in [-0.4, -0.2) is 28.0 Å². The van der Waals surface area contributed by atoms with Gasteiger partial charge in [0.1, 0.15) is 17.4 Å². The van der Waals surface area contributed by atoms with E-state index in [1.165, 1.54) is 11.8 Å². The lowest BCUT2D eigenvalue weighted by Gasteiger charge is -2.00. The summed E-state index contributed by atoms with van der Waals surface area (Å²) in [6, 6.07) is 5.28. The molecule has 0 radical (unpaired) electrons. The van der Waals surface area contributed by atoms with E-state index in [4.69, 9.17) is 21.4 Å². The fourth-order valence-electron chi connectivity index (χ4n) is 1.52. The Kier molecular flexibility index (Phi) is 2.70. The summed E-state index contributed by atoms with van der Waals surface area (Å²) in [5, 5.41) is 13.7. The average Bonchev–Trinajstić information content (AvgIpc) is 2.55. The maximum atomic E-state index is 10.6. The van der Waals surface area contributed by atoms with E-state index in [1.54, 1.807) is 18.2 Å². The molecule has 0 amide bonds. The van der Waals surface area contributed by atoms with Gasteiger partial charge in [0.2, 0.25) is 0 Å². The summed E-state index contributed by atoms with van der Waals surface area (Å²) in [5.41, 5.74) is 0.616. The third kappa shape index (κ3) is 1.69. The van der Waals surface area contributed by atoms with Crippen molar-refractivity contribution in [2.75, 3.05) is 7.11 Å². The van der Waals surface area contributed by atoms with E-state index in [2.05, 4.69) is 5.10 Å². The zero-order valence-corrected chi connectivity index (χ0v) is 9.23. The van der Waals surface area contributed by atoms with Gasteiger partial charge in [-0.3, -0.25) is 4.79 Å². The number of nitrogens with zero attached hydrogens (tertiary/aromatic N) is 2. The Balaban J connectivity index is 2.63. The van der Waals surface area contributed by atoms with Crippen molar-refractivity contribution in [1.29, 1.82) is 0 Å². The molecule has 0 fully saturated rings. The first-order chi connectivity index (χ1) is 7.63. The van der Waals surface area contributed by atoms with Gasteiger partial charge in [0.05, 0.1) is 18.0 Å². The van der Waals surface area contributed by atoms with Gasteiger partial charge >= 0.3 is 5.97 Å². The number of hydrogen-bond donors (Lipinski definition) is 1. The number of fused-ring (bicyclic) bond motifs is 1. The molecule has 1 aromatic heterocycles. The van der Waals surface area contributed by atoms with Crippen LogP contribution in [0.3, 0.4) is 0 Å². The molecule has 84 valence electrons. The topological polar surface area (TPSA) is 64.4 Å². The fourth-order valence-corrected chi connectivity index (χ4v) is 1.80. The number of ether oxygens (including phenoxy) is 1. The molecule has 0 spiro atoms. The van der Waals surface area contributed by atoms with Crippen LogP contribution in [0.5, 0.6) is 5.75 Å². The van der Waals surface area contributed by atoms with Crippen LogP contribution in [0, 0.1) is 0 Å². The lowest BCUT2D eigenvalue weighted by Crippen LogP contribution is -2.09. The van der Waals surface area contributed by atoms with Crippen LogP contribution in [-0.2, 0) is 11.3 Å². The number of carboxylic acids is 1. The molecule has 1 N–H and O–H groups in total. The molecule has 0 aliphatic rings. The highest BCUT2D eigenvalue weighted by molar-refractivity contribution is 6.35. The van der Waals surface area contributed by atoms with E-state index >= 15 is 0 Å². The predicted molar refractivity (Wildman–Crippen MR) is 58.9 cm³/mol. The van der Waals surface area contributed by atoms with Crippen LogP contribution in [0.2, 0.25) is 5.15 Å². The Labute approximate surface area is 96.2 Å². The van der Waals surface area contributed by atoms with Crippen LogP contribution >= 0.6 is 11.6 Å². The van der Waals surface area contributed by atoms with Gasteiger partial charge in [-0.15, -0.1) is 0 Å². The molecule has 0 unspecified atom stereocenters. The molecule has 2 rings (SSSR count). The molecule has 16 heavy (non-hydrogen) atoms. The van der Waals surface area contributed by atoms with Crippen molar-refractivity contribution in [3.8, 4) is 5.75 Å². The summed E-state index contributed by atoms with van der Waals surface area (Å²) in [6.07, 6.45) is 0. The summed E-state index contributed by atoms with van der Waals surface area (Å²) < 4.78 is 6.37. The molecule has 0 aliphatic carbocycles. The summed E-state index contributed by atoms with van der Waals surface area (Å²) in [4.78, 5) is 10.6. The van der Waals surface area contributed by atoms with Gasteiger partial charge in [0, 0.05) is 0 Å². The summed E-state index contributed by atoms with van der Waals surface area (Å²) >= 11 is 6.04. The SMILES string of the molecule is COc1cccc2nn(CC(=O)O)c(Cl)c12. The smallest absolute Gasteiger partial charge is 0.325 e. The Morgan fingerprint density at radius 3 is 3.00 bits per heavy atom. The number of halogens is 1. The highest BCUT2D eigenvalue weighted by atomic mass is 35.5. The number of methoxy groups -OCH3 is 1. The van der Waals surface area contributed by atoms with Crippen molar-refractivity contribution in [2.45, 2.75) is 6.54 Å². The van der Waals surface area contributed by atoms with Crippen LogP contribution in [0.4, 0.5) is 0 Å². The standard InChI is InChI=1S/C10H9ClN2O3/c1-16-7-4-2-3-6-9(7)10(11)13(12-6)5-8(14)15/h2-4H,5H2,1H3,(H,14,15). The van der Waals surface area contributed by atoms with E-state index in [0.717, 1.165) is 0 Å². The molecule has 0 aliphatic heterocycles. The third-order valence-electron chi connectivity index (χ3n) is 2.17. The molecule has 0 bridgehead atoms.